The molecule has 1 unspecified atom stereocenters. The smallest absolute Gasteiger partial charge is 0.0462 e. The second-order valence-electron chi connectivity index (χ2n) is 12.0. The molecule has 0 radical (unpaired) electrons. The molecule has 0 aromatic carbocycles. The first-order valence-electron chi connectivity index (χ1n) is 12.8. The van der Waals surface area contributed by atoms with Crippen LogP contribution in [0, 0.1) is 52.3 Å². The van der Waals surface area contributed by atoms with Crippen molar-refractivity contribution in [1.29, 1.82) is 0 Å². The third-order valence-electron chi connectivity index (χ3n) is 10.6. The van der Waals surface area contributed by atoms with Crippen molar-refractivity contribution >= 4 is 0 Å². The summed E-state index contributed by atoms with van der Waals surface area (Å²) in [6.07, 6.45) is 20.6. The van der Waals surface area contributed by atoms with Gasteiger partial charge in [-0.3, -0.25) is 0 Å². The van der Waals surface area contributed by atoms with Crippen LogP contribution in [-0.2, 0) is 0 Å². The average molecular weight is 399 g/mol. The highest BCUT2D eigenvalue weighted by Gasteiger charge is 2.57. The summed E-state index contributed by atoms with van der Waals surface area (Å²) in [5.41, 5.74) is 3.00. The molecule has 1 heteroatoms. The molecule has 1 nitrogen and oxygen atoms in total. The van der Waals surface area contributed by atoms with Gasteiger partial charge < -0.3 is 5.11 Å². The zero-order chi connectivity index (χ0) is 20.8. The summed E-state index contributed by atoms with van der Waals surface area (Å²) < 4.78 is 0. The van der Waals surface area contributed by atoms with E-state index in [1.807, 2.05) is 5.57 Å². The summed E-state index contributed by atoms with van der Waals surface area (Å²) in [4.78, 5) is 0. The van der Waals surface area contributed by atoms with Gasteiger partial charge in [0.25, 0.3) is 0 Å². The lowest BCUT2D eigenvalue weighted by atomic mass is 9.48. The van der Waals surface area contributed by atoms with E-state index in [1.54, 1.807) is 0 Å². The van der Waals surface area contributed by atoms with E-state index in [9.17, 15) is 5.11 Å². The Morgan fingerprint density at radius 1 is 0.966 bits per heavy atom. The SMILES string of the molecule is CC(CO)[C@@H](C)C=C[C@@H](C)[C@H]1CC[C@H]2C3=CC[C@H]4CCCC[C@]4(C)[C@H]3CC[C@]12C. The highest BCUT2D eigenvalue weighted by atomic mass is 16.3. The van der Waals surface area contributed by atoms with Gasteiger partial charge in [0.2, 0.25) is 0 Å². The van der Waals surface area contributed by atoms with Gasteiger partial charge in [0, 0.05) is 6.61 Å². The van der Waals surface area contributed by atoms with Crippen LogP contribution >= 0.6 is 0 Å². The molecule has 3 fully saturated rings. The van der Waals surface area contributed by atoms with E-state index >= 15 is 0 Å². The molecule has 0 saturated heterocycles. The van der Waals surface area contributed by atoms with Crippen LogP contribution in [0.5, 0.6) is 0 Å². The molecule has 29 heavy (non-hydrogen) atoms. The minimum absolute atomic E-state index is 0.290. The fraction of sp³-hybridized carbons (Fsp3) is 0.857. The number of hydrogen-bond acceptors (Lipinski definition) is 1. The zero-order valence-electron chi connectivity index (χ0n) is 19.8. The van der Waals surface area contributed by atoms with Gasteiger partial charge in [-0.25, -0.2) is 0 Å². The van der Waals surface area contributed by atoms with Gasteiger partial charge >= 0.3 is 0 Å². The van der Waals surface area contributed by atoms with Crippen LogP contribution in [0.2, 0.25) is 0 Å². The van der Waals surface area contributed by atoms with Gasteiger partial charge in [-0.15, -0.1) is 0 Å². The molecule has 4 aliphatic carbocycles. The molecule has 0 aromatic rings. The van der Waals surface area contributed by atoms with E-state index in [-0.39, 0.29) is 0 Å². The number of allylic oxidation sites excluding steroid dienone is 4. The summed E-state index contributed by atoms with van der Waals surface area (Å²) in [6, 6.07) is 0. The molecule has 1 N–H and O–H groups in total. The molecule has 3 saturated carbocycles. The lowest BCUT2D eigenvalue weighted by molar-refractivity contribution is -0.00481. The maximum Gasteiger partial charge on any atom is 0.0462 e. The van der Waals surface area contributed by atoms with E-state index in [2.05, 4.69) is 52.8 Å². The zero-order valence-corrected chi connectivity index (χ0v) is 19.8. The van der Waals surface area contributed by atoms with Crippen LogP contribution in [0.25, 0.3) is 0 Å². The minimum Gasteiger partial charge on any atom is -0.396 e. The predicted molar refractivity (Wildman–Crippen MR) is 124 cm³/mol. The Hall–Kier alpha value is -0.560. The van der Waals surface area contributed by atoms with Crippen LogP contribution in [0.4, 0.5) is 0 Å². The molecule has 0 bridgehead atoms. The Bertz CT molecular complexity index is 647. The Morgan fingerprint density at radius 3 is 2.48 bits per heavy atom. The second-order valence-corrected chi connectivity index (χ2v) is 12.0. The molecule has 4 aliphatic rings. The molecular formula is C28H46O. The summed E-state index contributed by atoms with van der Waals surface area (Å²) >= 11 is 0. The van der Waals surface area contributed by atoms with Crippen LogP contribution in [0.3, 0.4) is 0 Å². The standard InChI is InChI=1S/C28H46O/c1-19(21(3)18-29)9-10-20(2)24-13-14-25-23-12-11-22-8-6-7-16-27(22,4)26(23)15-17-28(24,25)5/h9-10,12,19-22,24-26,29H,6-8,11,13-18H2,1-5H3/t19-,20+,21?,22+,24+,25-,26-,27-,28+/m0/s1. The first-order valence-corrected chi connectivity index (χ1v) is 12.8. The van der Waals surface area contributed by atoms with Crippen molar-refractivity contribution in [2.75, 3.05) is 6.61 Å². The number of aliphatic hydroxyl groups excluding tert-OH is 1. The lowest BCUT2D eigenvalue weighted by Crippen LogP contribution is -2.48. The molecule has 0 amide bonds. The van der Waals surface area contributed by atoms with Crippen molar-refractivity contribution in [3.8, 4) is 0 Å². The monoisotopic (exact) mass is 398 g/mol. The Morgan fingerprint density at radius 2 is 1.72 bits per heavy atom. The number of rotatable bonds is 5. The van der Waals surface area contributed by atoms with Crippen molar-refractivity contribution in [3.63, 3.8) is 0 Å². The van der Waals surface area contributed by atoms with Crippen molar-refractivity contribution in [1.82, 2.24) is 0 Å². The number of fused-ring (bicyclic) bond motifs is 5. The Balaban J connectivity index is 1.52. The normalized spacial score (nSPS) is 45.1. The Labute approximate surface area is 180 Å². The van der Waals surface area contributed by atoms with E-state index in [0.29, 0.717) is 35.2 Å². The van der Waals surface area contributed by atoms with Crippen molar-refractivity contribution < 1.29 is 5.11 Å². The van der Waals surface area contributed by atoms with E-state index in [0.717, 1.165) is 23.7 Å². The maximum absolute atomic E-state index is 9.45. The van der Waals surface area contributed by atoms with Crippen molar-refractivity contribution in [2.24, 2.45) is 52.3 Å². The van der Waals surface area contributed by atoms with Crippen molar-refractivity contribution in [2.45, 2.75) is 92.4 Å². The largest absolute Gasteiger partial charge is 0.396 e. The van der Waals surface area contributed by atoms with Gasteiger partial charge in [-0.05, 0) is 97.2 Å². The quantitative estimate of drug-likeness (QED) is 0.478. The topological polar surface area (TPSA) is 20.2 Å². The lowest BCUT2D eigenvalue weighted by Gasteiger charge is -2.57. The van der Waals surface area contributed by atoms with Crippen LogP contribution < -0.4 is 0 Å². The van der Waals surface area contributed by atoms with Crippen LogP contribution in [0.15, 0.2) is 23.8 Å². The van der Waals surface area contributed by atoms with E-state index in [4.69, 9.17) is 0 Å². The fourth-order valence-corrected chi connectivity index (χ4v) is 8.29. The maximum atomic E-state index is 9.45. The molecule has 0 heterocycles. The number of hydrogen-bond donors (Lipinski definition) is 1. The van der Waals surface area contributed by atoms with Crippen molar-refractivity contribution in [3.05, 3.63) is 23.8 Å². The molecule has 0 spiro atoms. The highest BCUT2D eigenvalue weighted by molar-refractivity contribution is 5.27. The molecular weight excluding hydrogens is 352 g/mol. The van der Waals surface area contributed by atoms with E-state index < -0.39 is 0 Å². The predicted octanol–water partition coefficient (Wildman–Crippen LogP) is 7.41. The molecule has 0 aliphatic heterocycles. The minimum atomic E-state index is 0.290. The van der Waals surface area contributed by atoms with Gasteiger partial charge in [-0.2, -0.15) is 0 Å². The summed E-state index contributed by atoms with van der Waals surface area (Å²) in [6.45, 7) is 12.5. The molecule has 164 valence electrons. The molecule has 4 rings (SSSR count). The number of aliphatic hydroxyl groups is 1. The van der Waals surface area contributed by atoms with E-state index in [1.165, 1.54) is 57.8 Å². The fourth-order valence-electron chi connectivity index (χ4n) is 8.29. The average Bonchev–Trinajstić information content (AvgIpc) is 3.08. The third kappa shape index (κ3) is 3.58. The summed E-state index contributed by atoms with van der Waals surface area (Å²) in [5, 5.41) is 9.45. The second kappa shape index (κ2) is 8.18. The molecule has 9 atom stereocenters. The van der Waals surface area contributed by atoms with Crippen LogP contribution in [0.1, 0.15) is 92.4 Å². The Kier molecular flexibility index (Phi) is 6.11. The first-order chi connectivity index (χ1) is 13.8. The third-order valence-corrected chi connectivity index (χ3v) is 10.6. The van der Waals surface area contributed by atoms with Crippen LogP contribution in [-0.4, -0.2) is 11.7 Å². The first kappa shape index (κ1) is 21.7. The molecule has 0 aromatic heterocycles. The van der Waals surface area contributed by atoms with Gasteiger partial charge in [-0.1, -0.05) is 71.3 Å². The summed E-state index contributed by atoms with van der Waals surface area (Å²) in [5.74, 6) is 4.98. The summed E-state index contributed by atoms with van der Waals surface area (Å²) in [7, 11) is 0. The van der Waals surface area contributed by atoms with Gasteiger partial charge in [0.15, 0.2) is 0 Å². The highest BCUT2D eigenvalue weighted by Crippen LogP contribution is 2.66. The van der Waals surface area contributed by atoms with Gasteiger partial charge in [0.05, 0.1) is 0 Å². The van der Waals surface area contributed by atoms with Gasteiger partial charge in [0.1, 0.15) is 0 Å².